The Bertz CT molecular complexity index is 805. The summed E-state index contributed by atoms with van der Waals surface area (Å²) in [5.74, 6) is -1.56. The quantitative estimate of drug-likeness (QED) is 0.668. The maximum atomic E-state index is 12.6. The van der Waals surface area contributed by atoms with Crippen LogP contribution >= 0.6 is 0 Å². The molecule has 2 rings (SSSR count). The van der Waals surface area contributed by atoms with Gasteiger partial charge in [0, 0.05) is 6.92 Å². The number of rotatable bonds is 8. The Morgan fingerprint density at radius 2 is 1.52 bits per heavy atom. The molecule has 0 aliphatic heterocycles. The first kappa shape index (κ1) is 20.2. The highest BCUT2D eigenvalue weighted by Gasteiger charge is 2.22. The van der Waals surface area contributed by atoms with E-state index in [0.717, 1.165) is 16.7 Å². The molecule has 6 nitrogen and oxygen atoms in total. The van der Waals surface area contributed by atoms with Crippen LogP contribution in [0.4, 0.5) is 0 Å². The minimum atomic E-state index is -0.995. The van der Waals surface area contributed by atoms with Crippen LogP contribution in [0.15, 0.2) is 54.6 Å². The smallest absolute Gasteiger partial charge is 0.305 e. The summed E-state index contributed by atoms with van der Waals surface area (Å²) >= 11 is 0. The van der Waals surface area contributed by atoms with Crippen molar-refractivity contribution in [3.63, 3.8) is 0 Å². The van der Waals surface area contributed by atoms with Gasteiger partial charge in [0.25, 0.3) is 0 Å². The van der Waals surface area contributed by atoms with Crippen LogP contribution in [0.1, 0.15) is 48.5 Å². The Hall–Kier alpha value is -3.15. The van der Waals surface area contributed by atoms with Crippen LogP contribution in [0.3, 0.4) is 0 Å². The molecule has 2 aromatic carbocycles. The number of carboxylic acid groups (broad SMARTS) is 1. The zero-order chi connectivity index (χ0) is 19.8. The summed E-state index contributed by atoms with van der Waals surface area (Å²) in [5, 5.41) is 14.8. The van der Waals surface area contributed by atoms with Gasteiger partial charge < -0.3 is 15.7 Å². The van der Waals surface area contributed by atoms with Gasteiger partial charge in [0.15, 0.2) is 0 Å². The molecular weight excluding hydrogens is 344 g/mol. The standard InChI is InChI=1S/C21H24N2O4/c1-14-8-6-7-11-17(14)19(13-21(26)27)23-20(25)12-18(22-15(2)24)16-9-4-3-5-10-16/h3-11,18-19H,12-13H2,1-2H3,(H,22,24)(H,23,25)(H,26,27). The number of aryl methyl sites for hydroxylation is 1. The van der Waals surface area contributed by atoms with Crippen LogP contribution in [-0.2, 0) is 14.4 Å². The van der Waals surface area contributed by atoms with E-state index < -0.39 is 18.1 Å². The molecule has 0 radical (unpaired) electrons. The Morgan fingerprint density at radius 1 is 0.889 bits per heavy atom. The second kappa shape index (κ2) is 9.52. The molecule has 0 fully saturated rings. The van der Waals surface area contributed by atoms with E-state index in [1.54, 1.807) is 0 Å². The second-order valence-corrected chi connectivity index (χ2v) is 6.44. The average Bonchev–Trinajstić information content (AvgIpc) is 2.61. The van der Waals surface area contributed by atoms with Crippen LogP contribution in [0.2, 0.25) is 0 Å². The Labute approximate surface area is 158 Å². The van der Waals surface area contributed by atoms with Crippen molar-refractivity contribution in [2.45, 2.75) is 38.8 Å². The fourth-order valence-corrected chi connectivity index (χ4v) is 3.01. The van der Waals surface area contributed by atoms with Gasteiger partial charge in [0.1, 0.15) is 0 Å². The topological polar surface area (TPSA) is 95.5 Å². The first-order valence-electron chi connectivity index (χ1n) is 8.75. The molecular formula is C21H24N2O4. The molecule has 0 saturated heterocycles. The van der Waals surface area contributed by atoms with Gasteiger partial charge in [-0.25, -0.2) is 0 Å². The Balaban J connectivity index is 2.16. The lowest BCUT2D eigenvalue weighted by atomic mass is 9.97. The fraction of sp³-hybridized carbons (Fsp3) is 0.286. The number of aliphatic carboxylic acids is 1. The lowest BCUT2D eigenvalue weighted by Crippen LogP contribution is -2.35. The van der Waals surface area contributed by atoms with Crippen LogP contribution in [0.25, 0.3) is 0 Å². The SMILES string of the molecule is CC(=O)NC(CC(=O)NC(CC(=O)O)c1ccccc1C)c1ccccc1. The number of hydrogen-bond donors (Lipinski definition) is 3. The van der Waals surface area contributed by atoms with E-state index in [4.69, 9.17) is 0 Å². The van der Waals surface area contributed by atoms with Gasteiger partial charge in [0.05, 0.1) is 24.9 Å². The van der Waals surface area contributed by atoms with Crippen molar-refractivity contribution < 1.29 is 19.5 Å². The summed E-state index contributed by atoms with van der Waals surface area (Å²) in [6.07, 6.45) is -0.196. The predicted molar refractivity (Wildman–Crippen MR) is 102 cm³/mol. The van der Waals surface area contributed by atoms with E-state index in [1.165, 1.54) is 6.92 Å². The fourth-order valence-electron chi connectivity index (χ4n) is 3.01. The van der Waals surface area contributed by atoms with Gasteiger partial charge in [-0.1, -0.05) is 54.6 Å². The van der Waals surface area contributed by atoms with E-state index in [9.17, 15) is 19.5 Å². The number of carboxylic acids is 1. The van der Waals surface area contributed by atoms with Gasteiger partial charge in [-0.3, -0.25) is 14.4 Å². The zero-order valence-electron chi connectivity index (χ0n) is 15.4. The van der Waals surface area contributed by atoms with Gasteiger partial charge in [-0.2, -0.15) is 0 Å². The van der Waals surface area contributed by atoms with E-state index >= 15 is 0 Å². The van der Waals surface area contributed by atoms with Crippen molar-refractivity contribution in [1.29, 1.82) is 0 Å². The molecule has 142 valence electrons. The minimum Gasteiger partial charge on any atom is -0.481 e. The molecule has 27 heavy (non-hydrogen) atoms. The largest absolute Gasteiger partial charge is 0.481 e. The van der Waals surface area contributed by atoms with Crippen LogP contribution in [0.5, 0.6) is 0 Å². The first-order chi connectivity index (χ1) is 12.9. The third kappa shape index (κ3) is 6.26. The normalized spacial score (nSPS) is 12.7. The van der Waals surface area contributed by atoms with Crippen molar-refractivity contribution in [1.82, 2.24) is 10.6 Å². The number of benzene rings is 2. The number of nitrogens with one attached hydrogen (secondary N) is 2. The summed E-state index contributed by atoms with van der Waals surface area (Å²) < 4.78 is 0. The first-order valence-corrected chi connectivity index (χ1v) is 8.75. The maximum absolute atomic E-state index is 12.6. The molecule has 0 aliphatic rings. The van der Waals surface area contributed by atoms with Crippen molar-refractivity contribution in [2.75, 3.05) is 0 Å². The van der Waals surface area contributed by atoms with Crippen LogP contribution in [0, 0.1) is 6.92 Å². The highest BCUT2D eigenvalue weighted by atomic mass is 16.4. The summed E-state index contributed by atoms with van der Waals surface area (Å²) in [6.45, 7) is 3.27. The third-order valence-electron chi connectivity index (χ3n) is 4.25. The highest BCUT2D eigenvalue weighted by Crippen LogP contribution is 2.22. The third-order valence-corrected chi connectivity index (χ3v) is 4.25. The van der Waals surface area contributed by atoms with Gasteiger partial charge in [0.2, 0.25) is 11.8 Å². The van der Waals surface area contributed by atoms with Gasteiger partial charge in [-0.05, 0) is 23.6 Å². The van der Waals surface area contributed by atoms with Crippen molar-refractivity contribution in [3.05, 3.63) is 71.3 Å². The number of carbonyl (C=O) groups is 3. The summed E-state index contributed by atoms with van der Waals surface area (Å²) in [4.78, 5) is 35.4. The molecule has 2 unspecified atom stereocenters. The summed E-state index contributed by atoms with van der Waals surface area (Å²) in [7, 11) is 0. The van der Waals surface area contributed by atoms with Gasteiger partial charge in [-0.15, -0.1) is 0 Å². The lowest BCUT2D eigenvalue weighted by Gasteiger charge is -2.22. The predicted octanol–water partition coefficient (Wildman–Crippen LogP) is 2.89. The van der Waals surface area contributed by atoms with Gasteiger partial charge >= 0.3 is 5.97 Å². The molecule has 2 aromatic rings. The molecule has 0 spiro atoms. The van der Waals surface area contributed by atoms with Crippen molar-refractivity contribution >= 4 is 17.8 Å². The van der Waals surface area contributed by atoms with E-state index in [0.29, 0.717) is 0 Å². The molecule has 0 bridgehead atoms. The Kier molecular flexibility index (Phi) is 7.11. The van der Waals surface area contributed by atoms with E-state index in [-0.39, 0.29) is 24.7 Å². The lowest BCUT2D eigenvalue weighted by molar-refractivity contribution is -0.137. The molecule has 3 N–H and O–H groups in total. The molecule has 6 heteroatoms. The van der Waals surface area contributed by atoms with E-state index in [1.807, 2.05) is 61.5 Å². The maximum Gasteiger partial charge on any atom is 0.305 e. The molecule has 0 heterocycles. The highest BCUT2D eigenvalue weighted by molar-refractivity contribution is 5.80. The van der Waals surface area contributed by atoms with E-state index in [2.05, 4.69) is 10.6 Å². The summed E-state index contributed by atoms with van der Waals surface area (Å²) in [5.41, 5.74) is 2.49. The molecule has 0 aromatic heterocycles. The second-order valence-electron chi connectivity index (χ2n) is 6.44. The monoisotopic (exact) mass is 368 g/mol. The number of hydrogen-bond acceptors (Lipinski definition) is 3. The van der Waals surface area contributed by atoms with Crippen molar-refractivity contribution in [2.24, 2.45) is 0 Å². The molecule has 0 aliphatic carbocycles. The van der Waals surface area contributed by atoms with Crippen LogP contribution in [-0.4, -0.2) is 22.9 Å². The Morgan fingerprint density at radius 3 is 2.11 bits per heavy atom. The molecule has 2 amide bonds. The zero-order valence-corrected chi connectivity index (χ0v) is 15.4. The van der Waals surface area contributed by atoms with Crippen molar-refractivity contribution in [3.8, 4) is 0 Å². The van der Waals surface area contributed by atoms with Crippen LogP contribution < -0.4 is 10.6 Å². The number of carbonyl (C=O) groups excluding carboxylic acids is 2. The average molecular weight is 368 g/mol. The summed E-state index contributed by atoms with van der Waals surface area (Å²) in [6, 6.07) is 15.4. The molecule has 0 saturated carbocycles. The minimum absolute atomic E-state index is 0.0194. The molecule has 2 atom stereocenters. The number of amides is 2.